The fourth-order valence-electron chi connectivity index (χ4n) is 4.44. The summed E-state index contributed by atoms with van der Waals surface area (Å²) in [5, 5.41) is 9.04. The van der Waals surface area contributed by atoms with Crippen LogP contribution >= 0.6 is 23.2 Å². The minimum Gasteiger partial charge on any atom is -0.444 e. The van der Waals surface area contributed by atoms with E-state index < -0.39 is 22.9 Å². The number of piperazine rings is 1. The number of hydrogen-bond donors (Lipinski definition) is 0. The van der Waals surface area contributed by atoms with E-state index in [9.17, 15) is 14.4 Å². The summed E-state index contributed by atoms with van der Waals surface area (Å²) in [5.41, 5.74) is -0.588. The summed E-state index contributed by atoms with van der Waals surface area (Å²) in [6.07, 6.45) is -0.391. The fourth-order valence-corrected chi connectivity index (χ4v) is 4.74. The van der Waals surface area contributed by atoms with Crippen molar-refractivity contribution in [2.75, 3.05) is 31.1 Å². The van der Waals surface area contributed by atoms with E-state index in [2.05, 4.69) is 10.2 Å². The van der Waals surface area contributed by atoms with Crippen LogP contribution in [0.2, 0.25) is 10.0 Å². The van der Waals surface area contributed by atoms with Crippen molar-refractivity contribution in [3.05, 3.63) is 55.0 Å². The number of carbonyl (C=O) groups is 1. The number of aromatic nitrogens is 6. The number of fused-ring (bicyclic) bond motifs is 1. The zero-order valence-electron chi connectivity index (χ0n) is 22.6. The van der Waals surface area contributed by atoms with Crippen molar-refractivity contribution in [3.8, 4) is 11.5 Å². The van der Waals surface area contributed by atoms with Crippen LogP contribution in [0.5, 0.6) is 0 Å². The van der Waals surface area contributed by atoms with Gasteiger partial charge in [0, 0.05) is 45.8 Å². The predicted molar refractivity (Wildman–Crippen MR) is 149 cm³/mol. The average molecular weight is 591 g/mol. The molecule has 1 saturated heterocycles. The van der Waals surface area contributed by atoms with Crippen LogP contribution in [0.4, 0.5) is 10.7 Å². The Morgan fingerprint density at radius 2 is 1.73 bits per heavy atom. The Morgan fingerprint density at radius 1 is 1.02 bits per heavy atom. The molecule has 212 valence electrons. The van der Waals surface area contributed by atoms with Crippen LogP contribution in [0.1, 0.15) is 26.7 Å². The molecule has 15 heteroatoms. The molecule has 0 radical (unpaired) electrons. The third kappa shape index (κ3) is 5.18. The van der Waals surface area contributed by atoms with Crippen LogP contribution in [-0.2, 0) is 25.4 Å². The van der Waals surface area contributed by atoms with Crippen LogP contribution in [0.25, 0.3) is 22.6 Å². The van der Waals surface area contributed by atoms with E-state index in [0.717, 1.165) is 4.57 Å². The Bertz CT molecular complexity index is 1720. The molecule has 1 aliphatic rings. The van der Waals surface area contributed by atoms with Crippen molar-refractivity contribution >= 4 is 46.4 Å². The molecule has 1 aliphatic heterocycles. The van der Waals surface area contributed by atoms with Crippen LogP contribution in [0, 0.1) is 0 Å². The van der Waals surface area contributed by atoms with Gasteiger partial charge in [0.25, 0.3) is 5.56 Å². The van der Waals surface area contributed by atoms with Gasteiger partial charge in [-0.15, -0.1) is 10.2 Å². The number of imidazole rings is 1. The summed E-state index contributed by atoms with van der Waals surface area (Å²) in [5.74, 6) is 0.877. The van der Waals surface area contributed by atoms with Gasteiger partial charge < -0.3 is 19.0 Å². The molecular formula is C25H28Cl2N8O5. The van der Waals surface area contributed by atoms with Crippen molar-refractivity contribution in [3.63, 3.8) is 0 Å². The first kappa shape index (κ1) is 27.7. The number of ether oxygens (including phenoxy) is 1. The predicted octanol–water partition coefficient (Wildman–Crippen LogP) is 2.90. The molecule has 4 aromatic rings. The summed E-state index contributed by atoms with van der Waals surface area (Å²) in [6.45, 7) is 7.09. The highest BCUT2D eigenvalue weighted by Crippen LogP contribution is 2.29. The lowest BCUT2D eigenvalue weighted by Gasteiger charge is -2.36. The van der Waals surface area contributed by atoms with Gasteiger partial charge in [-0.05, 0) is 39.0 Å². The lowest BCUT2D eigenvalue weighted by atomic mass is 10.2. The third-order valence-electron chi connectivity index (χ3n) is 6.47. The fraction of sp³-hybridized carbons (Fsp3) is 0.440. The van der Waals surface area contributed by atoms with Crippen molar-refractivity contribution in [1.82, 2.24) is 33.8 Å². The van der Waals surface area contributed by atoms with Gasteiger partial charge in [0.2, 0.25) is 17.7 Å². The number of hydrogen-bond acceptors (Lipinski definition) is 9. The molecule has 4 heterocycles. The van der Waals surface area contributed by atoms with E-state index in [1.165, 1.54) is 11.6 Å². The molecule has 0 atom stereocenters. The smallest absolute Gasteiger partial charge is 0.410 e. The summed E-state index contributed by atoms with van der Waals surface area (Å²) in [4.78, 5) is 46.8. The SMILES string of the molecule is Cn1c(=O)c2c(nc(N3CCN(C(=O)OC(C)(C)C)CC3)n2Cc2nnc(-c3ccc(Cl)c(Cl)c3)o2)n(C)c1=O. The Balaban J connectivity index is 1.51. The molecule has 0 spiro atoms. The van der Waals surface area contributed by atoms with Gasteiger partial charge >= 0.3 is 11.8 Å². The zero-order chi connectivity index (χ0) is 28.9. The molecule has 1 fully saturated rings. The number of halogens is 2. The zero-order valence-corrected chi connectivity index (χ0v) is 24.2. The van der Waals surface area contributed by atoms with Crippen molar-refractivity contribution < 1.29 is 13.9 Å². The van der Waals surface area contributed by atoms with Crippen molar-refractivity contribution in [1.29, 1.82) is 0 Å². The van der Waals surface area contributed by atoms with Crippen molar-refractivity contribution in [2.24, 2.45) is 14.1 Å². The van der Waals surface area contributed by atoms with Crippen LogP contribution < -0.4 is 16.1 Å². The van der Waals surface area contributed by atoms with E-state index in [1.54, 1.807) is 34.7 Å². The van der Waals surface area contributed by atoms with E-state index in [0.29, 0.717) is 47.7 Å². The third-order valence-corrected chi connectivity index (χ3v) is 7.21. The molecule has 0 N–H and O–H groups in total. The Kier molecular flexibility index (Phi) is 7.13. The monoisotopic (exact) mass is 590 g/mol. The highest BCUT2D eigenvalue weighted by molar-refractivity contribution is 6.42. The molecule has 1 aromatic carbocycles. The van der Waals surface area contributed by atoms with Gasteiger partial charge in [-0.3, -0.25) is 18.5 Å². The molecule has 5 rings (SSSR count). The number of anilines is 1. The molecule has 0 saturated carbocycles. The minimum atomic E-state index is -0.604. The number of nitrogens with zero attached hydrogens (tertiary/aromatic N) is 8. The van der Waals surface area contributed by atoms with Gasteiger partial charge in [-0.2, -0.15) is 4.98 Å². The first-order chi connectivity index (χ1) is 18.8. The van der Waals surface area contributed by atoms with Crippen LogP contribution in [-0.4, -0.2) is 71.7 Å². The van der Waals surface area contributed by atoms with Crippen molar-refractivity contribution in [2.45, 2.75) is 32.9 Å². The number of amides is 1. The second kappa shape index (κ2) is 10.3. The van der Waals surface area contributed by atoms with Gasteiger partial charge in [0.15, 0.2) is 11.2 Å². The van der Waals surface area contributed by atoms with E-state index in [-0.39, 0.29) is 29.5 Å². The number of aryl methyl sites for hydroxylation is 1. The lowest BCUT2D eigenvalue weighted by molar-refractivity contribution is 0.0240. The summed E-state index contributed by atoms with van der Waals surface area (Å²) in [6, 6.07) is 4.96. The number of benzene rings is 1. The van der Waals surface area contributed by atoms with E-state index in [1.807, 2.05) is 25.7 Å². The first-order valence-electron chi connectivity index (χ1n) is 12.5. The van der Waals surface area contributed by atoms with Gasteiger partial charge in [0.1, 0.15) is 12.1 Å². The molecule has 40 heavy (non-hydrogen) atoms. The normalized spacial score (nSPS) is 14.3. The maximum atomic E-state index is 13.3. The highest BCUT2D eigenvalue weighted by atomic mass is 35.5. The van der Waals surface area contributed by atoms with Gasteiger partial charge in [0.05, 0.1) is 10.0 Å². The summed E-state index contributed by atoms with van der Waals surface area (Å²) < 4.78 is 15.4. The largest absolute Gasteiger partial charge is 0.444 e. The molecule has 1 amide bonds. The average Bonchev–Trinajstić information content (AvgIpc) is 3.52. The molecule has 0 bridgehead atoms. The molecule has 13 nitrogen and oxygen atoms in total. The summed E-state index contributed by atoms with van der Waals surface area (Å²) in [7, 11) is 2.97. The van der Waals surface area contributed by atoms with Crippen LogP contribution in [0.15, 0.2) is 32.2 Å². The Hall–Kier alpha value is -3.84. The molecule has 0 unspecified atom stereocenters. The van der Waals surface area contributed by atoms with E-state index >= 15 is 0 Å². The summed E-state index contributed by atoms with van der Waals surface area (Å²) >= 11 is 12.2. The Morgan fingerprint density at radius 3 is 2.38 bits per heavy atom. The second-order valence-electron chi connectivity index (χ2n) is 10.5. The topological polar surface area (TPSA) is 134 Å². The number of rotatable bonds is 4. The standard InChI is InChI=1S/C25H28Cl2N8O5/c1-25(2,3)40-24(38)34-10-8-33(9-11-34)22-28-19-18(21(36)32(5)23(37)31(19)4)35(22)13-17-29-30-20(39-17)14-6-7-15(26)16(27)12-14/h6-7,12H,8-11,13H2,1-5H3. The van der Waals surface area contributed by atoms with Crippen LogP contribution in [0.3, 0.4) is 0 Å². The maximum absolute atomic E-state index is 13.3. The molecule has 0 aliphatic carbocycles. The molecule has 3 aromatic heterocycles. The van der Waals surface area contributed by atoms with Gasteiger partial charge in [-0.1, -0.05) is 23.2 Å². The molecular weight excluding hydrogens is 563 g/mol. The minimum absolute atomic E-state index is 0.0138. The maximum Gasteiger partial charge on any atom is 0.410 e. The first-order valence-corrected chi connectivity index (χ1v) is 13.3. The van der Waals surface area contributed by atoms with Gasteiger partial charge in [-0.25, -0.2) is 9.59 Å². The Labute approximate surface area is 238 Å². The second-order valence-corrected chi connectivity index (χ2v) is 11.3. The highest BCUT2D eigenvalue weighted by Gasteiger charge is 2.30. The van der Waals surface area contributed by atoms with E-state index in [4.69, 9.17) is 37.3 Å². The quantitative estimate of drug-likeness (QED) is 0.351. The lowest BCUT2D eigenvalue weighted by Crippen LogP contribution is -2.50. The number of carbonyl (C=O) groups excluding carboxylic acids is 1.